The number of amides is 4. The number of piperazine rings is 1. The largest absolute Gasteiger partial charge is 0.346 e. The van der Waals surface area contributed by atoms with Gasteiger partial charge < -0.3 is 26.2 Å². The van der Waals surface area contributed by atoms with Crippen molar-refractivity contribution in [1.29, 1.82) is 0 Å². The minimum Gasteiger partial charge on any atom is -0.346 e. The van der Waals surface area contributed by atoms with Gasteiger partial charge in [-0.05, 0) is 30.5 Å². The van der Waals surface area contributed by atoms with Gasteiger partial charge in [0, 0.05) is 31.9 Å². The molecule has 0 aliphatic carbocycles. The first-order valence-corrected chi connectivity index (χ1v) is 9.21. The summed E-state index contributed by atoms with van der Waals surface area (Å²) in [5.41, 5.74) is 7.58. The van der Waals surface area contributed by atoms with Crippen LogP contribution < -0.4 is 16.4 Å². The average molecular weight is 412 g/mol. The molecule has 8 nitrogen and oxygen atoms in total. The topological polar surface area (TPSA) is 108 Å². The molecule has 0 saturated carbocycles. The van der Waals surface area contributed by atoms with Crippen LogP contribution in [0, 0.1) is 12.8 Å². The summed E-state index contributed by atoms with van der Waals surface area (Å²) < 4.78 is 0. The predicted molar refractivity (Wildman–Crippen MR) is 111 cm³/mol. The summed E-state index contributed by atoms with van der Waals surface area (Å²) in [6, 6.07) is 6.80. The number of anilines is 1. The van der Waals surface area contributed by atoms with Crippen molar-refractivity contribution in [2.24, 2.45) is 11.7 Å². The SMILES string of the molecule is Cc1cccc(NC(=O)N2CCN(C(=O)CNC(=O)[C@@H](N)C(C)C)CC2)c1.Cl. The van der Waals surface area contributed by atoms with Gasteiger partial charge in [0.25, 0.3) is 0 Å². The van der Waals surface area contributed by atoms with Crippen LogP contribution in [-0.2, 0) is 9.59 Å². The minimum atomic E-state index is -0.625. The molecule has 0 unspecified atom stereocenters. The minimum absolute atomic E-state index is 0. The Labute approximate surface area is 172 Å². The lowest BCUT2D eigenvalue weighted by Crippen LogP contribution is -2.54. The lowest BCUT2D eigenvalue weighted by Gasteiger charge is -2.34. The van der Waals surface area contributed by atoms with Crippen LogP contribution in [0.2, 0.25) is 0 Å². The zero-order valence-corrected chi connectivity index (χ0v) is 17.4. The number of nitrogens with two attached hydrogens (primary N) is 1. The molecular weight excluding hydrogens is 382 g/mol. The molecule has 0 aromatic heterocycles. The highest BCUT2D eigenvalue weighted by Gasteiger charge is 2.25. The molecule has 4 amide bonds. The van der Waals surface area contributed by atoms with E-state index in [0.717, 1.165) is 11.3 Å². The third kappa shape index (κ3) is 6.69. The van der Waals surface area contributed by atoms with E-state index in [9.17, 15) is 14.4 Å². The Morgan fingerprint density at radius 3 is 2.29 bits per heavy atom. The van der Waals surface area contributed by atoms with Gasteiger partial charge in [-0.15, -0.1) is 12.4 Å². The molecule has 0 radical (unpaired) electrons. The molecule has 1 aromatic rings. The third-order valence-corrected chi connectivity index (χ3v) is 4.62. The van der Waals surface area contributed by atoms with E-state index < -0.39 is 6.04 Å². The fourth-order valence-corrected chi connectivity index (χ4v) is 2.78. The molecule has 1 aliphatic heterocycles. The van der Waals surface area contributed by atoms with E-state index in [0.29, 0.717) is 26.2 Å². The van der Waals surface area contributed by atoms with Crippen LogP contribution in [0.25, 0.3) is 0 Å². The van der Waals surface area contributed by atoms with Crippen molar-refractivity contribution in [3.63, 3.8) is 0 Å². The fraction of sp³-hybridized carbons (Fsp3) is 0.526. The second-order valence-corrected chi connectivity index (χ2v) is 7.16. The number of rotatable bonds is 5. The summed E-state index contributed by atoms with van der Waals surface area (Å²) in [4.78, 5) is 39.8. The number of nitrogens with one attached hydrogen (secondary N) is 2. The fourth-order valence-electron chi connectivity index (χ4n) is 2.78. The monoisotopic (exact) mass is 411 g/mol. The van der Waals surface area contributed by atoms with Gasteiger partial charge in [0.1, 0.15) is 0 Å². The quantitative estimate of drug-likeness (QED) is 0.676. The maximum absolute atomic E-state index is 12.3. The van der Waals surface area contributed by atoms with Crippen LogP contribution >= 0.6 is 12.4 Å². The van der Waals surface area contributed by atoms with Crippen LogP contribution in [0.1, 0.15) is 19.4 Å². The Kier molecular flexibility index (Phi) is 9.21. The molecule has 2 rings (SSSR count). The Morgan fingerprint density at radius 1 is 1.11 bits per heavy atom. The number of nitrogens with zero attached hydrogens (tertiary/aromatic N) is 2. The van der Waals surface area contributed by atoms with Crippen molar-refractivity contribution in [2.75, 3.05) is 38.0 Å². The molecule has 0 spiro atoms. The van der Waals surface area contributed by atoms with Gasteiger partial charge in [-0.2, -0.15) is 0 Å². The third-order valence-electron chi connectivity index (χ3n) is 4.62. The maximum Gasteiger partial charge on any atom is 0.321 e. The van der Waals surface area contributed by atoms with Crippen molar-refractivity contribution in [3.05, 3.63) is 29.8 Å². The number of benzene rings is 1. The molecule has 0 bridgehead atoms. The first-order chi connectivity index (χ1) is 12.8. The van der Waals surface area contributed by atoms with Crippen LogP contribution in [0.4, 0.5) is 10.5 Å². The molecule has 28 heavy (non-hydrogen) atoms. The summed E-state index contributed by atoms with van der Waals surface area (Å²) >= 11 is 0. The van der Waals surface area contributed by atoms with Gasteiger partial charge in [-0.25, -0.2) is 4.79 Å². The van der Waals surface area contributed by atoms with E-state index in [1.54, 1.807) is 9.80 Å². The molecule has 1 heterocycles. The molecule has 1 aromatic carbocycles. The predicted octanol–water partition coefficient (Wildman–Crippen LogP) is 1.19. The van der Waals surface area contributed by atoms with Crippen molar-refractivity contribution >= 4 is 35.9 Å². The van der Waals surface area contributed by atoms with E-state index in [4.69, 9.17) is 5.73 Å². The lowest BCUT2D eigenvalue weighted by atomic mass is 10.1. The van der Waals surface area contributed by atoms with Crippen LogP contribution in [0.3, 0.4) is 0 Å². The first kappa shape index (κ1) is 23.7. The van der Waals surface area contributed by atoms with Gasteiger partial charge >= 0.3 is 6.03 Å². The molecule has 9 heteroatoms. The standard InChI is InChI=1S/C19H29N5O3.ClH/c1-13(2)17(20)18(26)21-12-16(25)23-7-9-24(10-8-23)19(27)22-15-6-4-5-14(3)11-15;/h4-6,11,13,17H,7-10,12,20H2,1-3H3,(H,21,26)(H,22,27);1H/t17-;/m0./s1. The van der Waals surface area contributed by atoms with Crippen LogP contribution in [0.15, 0.2) is 24.3 Å². The lowest BCUT2D eigenvalue weighted by molar-refractivity contribution is -0.134. The van der Waals surface area contributed by atoms with Gasteiger partial charge in [0.2, 0.25) is 11.8 Å². The second-order valence-electron chi connectivity index (χ2n) is 7.16. The van der Waals surface area contributed by atoms with Crippen molar-refractivity contribution in [2.45, 2.75) is 26.8 Å². The van der Waals surface area contributed by atoms with Crippen molar-refractivity contribution in [1.82, 2.24) is 15.1 Å². The molecule has 1 aliphatic rings. The van der Waals surface area contributed by atoms with E-state index in [1.165, 1.54) is 0 Å². The Balaban J connectivity index is 0.00000392. The molecule has 4 N–H and O–H groups in total. The maximum atomic E-state index is 12.3. The van der Waals surface area contributed by atoms with Crippen molar-refractivity contribution in [3.8, 4) is 0 Å². The van der Waals surface area contributed by atoms with E-state index in [2.05, 4.69) is 10.6 Å². The normalized spacial score (nSPS) is 14.9. The van der Waals surface area contributed by atoms with Crippen molar-refractivity contribution < 1.29 is 14.4 Å². The number of urea groups is 1. The number of hydrogen-bond acceptors (Lipinski definition) is 4. The van der Waals surface area contributed by atoms with Gasteiger partial charge in [-0.1, -0.05) is 26.0 Å². The summed E-state index contributed by atoms with van der Waals surface area (Å²) in [7, 11) is 0. The molecular formula is C19H30ClN5O3. The highest BCUT2D eigenvalue weighted by atomic mass is 35.5. The molecule has 156 valence electrons. The zero-order chi connectivity index (χ0) is 20.0. The van der Waals surface area contributed by atoms with Gasteiger partial charge in [0.15, 0.2) is 0 Å². The second kappa shape index (κ2) is 10.9. The summed E-state index contributed by atoms with van der Waals surface area (Å²) in [6.07, 6.45) is 0. The van der Waals surface area contributed by atoms with E-state index in [1.807, 2.05) is 45.0 Å². The average Bonchev–Trinajstić information content (AvgIpc) is 2.65. The van der Waals surface area contributed by atoms with E-state index in [-0.39, 0.29) is 42.7 Å². The summed E-state index contributed by atoms with van der Waals surface area (Å²) in [6.45, 7) is 7.37. The van der Waals surface area contributed by atoms with Crippen LogP contribution in [0.5, 0.6) is 0 Å². The van der Waals surface area contributed by atoms with Crippen LogP contribution in [-0.4, -0.2) is 66.4 Å². The number of aryl methyl sites for hydroxylation is 1. The number of hydrogen-bond donors (Lipinski definition) is 3. The summed E-state index contributed by atoms with van der Waals surface area (Å²) in [5, 5.41) is 5.46. The Morgan fingerprint density at radius 2 is 1.71 bits per heavy atom. The first-order valence-electron chi connectivity index (χ1n) is 9.21. The number of carbonyl (C=O) groups excluding carboxylic acids is 3. The summed E-state index contributed by atoms with van der Waals surface area (Å²) in [5.74, 6) is -0.483. The molecule has 1 atom stereocenters. The number of carbonyl (C=O) groups is 3. The van der Waals surface area contributed by atoms with Gasteiger partial charge in [-0.3, -0.25) is 9.59 Å². The zero-order valence-electron chi connectivity index (χ0n) is 16.6. The molecule has 1 saturated heterocycles. The number of halogens is 1. The van der Waals surface area contributed by atoms with E-state index >= 15 is 0 Å². The highest BCUT2D eigenvalue weighted by molar-refractivity contribution is 5.90. The smallest absolute Gasteiger partial charge is 0.321 e. The molecule has 1 fully saturated rings. The van der Waals surface area contributed by atoms with Gasteiger partial charge in [0.05, 0.1) is 12.6 Å². The highest BCUT2D eigenvalue weighted by Crippen LogP contribution is 2.11. The Hall–Kier alpha value is -2.32. The Bertz CT molecular complexity index is 690.